The highest BCUT2D eigenvalue weighted by molar-refractivity contribution is 6.00. The van der Waals surface area contributed by atoms with E-state index in [1.165, 1.54) is 12.4 Å². The van der Waals surface area contributed by atoms with Gasteiger partial charge in [0.25, 0.3) is 11.8 Å². The Labute approximate surface area is 217 Å². The molecule has 190 valence electrons. The molecule has 0 saturated carbocycles. The zero-order chi connectivity index (χ0) is 26.2. The van der Waals surface area contributed by atoms with Gasteiger partial charge in [-0.3, -0.25) is 9.59 Å². The van der Waals surface area contributed by atoms with Gasteiger partial charge in [0.1, 0.15) is 23.2 Å². The van der Waals surface area contributed by atoms with E-state index < -0.39 is 5.91 Å². The topological polar surface area (TPSA) is 144 Å². The summed E-state index contributed by atoms with van der Waals surface area (Å²) in [5, 5.41) is 5.85. The van der Waals surface area contributed by atoms with Crippen molar-refractivity contribution in [3.8, 4) is 0 Å². The Kier molecular flexibility index (Phi) is 5.79. The third kappa shape index (κ3) is 4.57. The van der Waals surface area contributed by atoms with Crippen LogP contribution in [0.2, 0.25) is 0 Å². The Morgan fingerprint density at radius 3 is 2.76 bits per heavy atom. The van der Waals surface area contributed by atoms with Gasteiger partial charge in [0.2, 0.25) is 5.88 Å². The molecule has 4 aromatic rings. The fraction of sp³-hybridized carbons (Fsp3) is 0.185. The second-order valence-corrected chi connectivity index (χ2v) is 9.04. The number of carbonyl (C=O) groups excluding carboxylic acids is 2. The molecule has 1 aliphatic carbocycles. The quantitative estimate of drug-likeness (QED) is 0.360. The lowest BCUT2D eigenvalue weighted by molar-refractivity contribution is 0.0931. The summed E-state index contributed by atoms with van der Waals surface area (Å²) < 4.78 is 5.48. The number of hydrogen-bond acceptors (Lipinski definition) is 9. The van der Waals surface area contributed by atoms with Crippen LogP contribution in [0, 0.1) is 6.92 Å². The molecule has 1 aliphatic heterocycles. The molecule has 2 amide bonds. The molecule has 38 heavy (non-hydrogen) atoms. The van der Waals surface area contributed by atoms with Crippen LogP contribution in [0.5, 0.6) is 0 Å². The fourth-order valence-corrected chi connectivity index (χ4v) is 4.62. The van der Waals surface area contributed by atoms with Crippen molar-refractivity contribution < 1.29 is 18.8 Å². The van der Waals surface area contributed by atoms with Crippen LogP contribution >= 0.6 is 0 Å². The number of rotatable bonds is 6. The van der Waals surface area contributed by atoms with Gasteiger partial charge < -0.3 is 19.9 Å². The Morgan fingerprint density at radius 1 is 1.11 bits per heavy atom. The molecule has 2 aliphatic rings. The summed E-state index contributed by atoms with van der Waals surface area (Å²) in [6.07, 6.45) is 2.77. The predicted molar refractivity (Wildman–Crippen MR) is 137 cm³/mol. The van der Waals surface area contributed by atoms with E-state index in [1.54, 1.807) is 6.92 Å². The molecule has 11 nitrogen and oxygen atoms in total. The highest BCUT2D eigenvalue weighted by Gasteiger charge is 2.26. The first-order valence-electron chi connectivity index (χ1n) is 12.0. The van der Waals surface area contributed by atoms with Crippen LogP contribution < -0.4 is 16.1 Å². The van der Waals surface area contributed by atoms with Gasteiger partial charge in [-0.25, -0.2) is 20.4 Å². The highest BCUT2D eigenvalue weighted by Crippen LogP contribution is 2.32. The molecule has 3 N–H and O–H groups in total. The van der Waals surface area contributed by atoms with Crippen LogP contribution in [0.15, 0.2) is 70.7 Å². The molecule has 0 spiro atoms. The van der Waals surface area contributed by atoms with Crippen molar-refractivity contribution in [1.29, 1.82) is 0 Å². The molecule has 6 rings (SSSR count). The van der Waals surface area contributed by atoms with E-state index in [0.29, 0.717) is 23.2 Å². The van der Waals surface area contributed by atoms with E-state index in [-0.39, 0.29) is 29.9 Å². The SMILES string of the molecule is C=C1N=C(c2ccc3c(c2)CC[C@@H]3NC(=O)c2cc(C(=O)NCc3ccc4oc(C)nc4c3)ncn2)NO1. The molecule has 0 radical (unpaired) electrons. The van der Waals surface area contributed by atoms with Crippen molar-refractivity contribution >= 4 is 28.7 Å². The summed E-state index contributed by atoms with van der Waals surface area (Å²) in [6, 6.07) is 12.7. The molecule has 0 fully saturated rings. The van der Waals surface area contributed by atoms with Gasteiger partial charge in [-0.15, -0.1) is 0 Å². The predicted octanol–water partition coefficient (Wildman–Crippen LogP) is 3.03. The van der Waals surface area contributed by atoms with Crippen LogP contribution in [-0.2, 0) is 17.8 Å². The van der Waals surface area contributed by atoms with Crippen LogP contribution in [0.25, 0.3) is 11.1 Å². The number of fused-ring (bicyclic) bond motifs is 2. The number of nitrogens with zero attached hydrogens (tertiary/aromatic N) is 4. The molecular formula is C27H23N7O4. The van der Waals surface area contributed by atoms with Gasteiger partial charge in [0, 0.05) is 25.1 Å². The lowest BCUT2D eigenvalue weighted by Crippen LogP contribution is -2.29. The Hall–Kier alpha value is -5.06. The van der Waals surface area contributed by atoms with Crippen molar-refractivity contribution in [3.05, 3.63) is 101 Å². The molecule has 0 bridgehead atoms. The van der Waals surface area contributed by atoms with Crippen LogP contribution in [0.3, 0.4) is 0 Å². The third-order valence-corrected chi connectivity index (χ3v) is 6.45. The van der Waals surface area contributed by atoms with E-state index in [0.717, 1.165) is 40.6 Å². The van der Waals surface area contributed by atoms with Crippen LogP contribution in [-0.4, -0.2) is 32.6 Å². The van der Waals surface area contributed by atoms with E-state index in [9.17, 15) is 9.59 Å². The normalized spacial score (nSPS) is 16.0. The number of oxazole rings is 1. The maximum atomic E-state index is 13.0. The fourth-order valence-electron chi connectivity index (χ4n) is 4.62. The highest BCUT2D eigenvalue weighted by atomic mass is 16.7. The van der Waals surface area contributed by atoms with Gasteiger partial charge in [0.15, 0.2) is 17.3 Å². The number of aliphatic imine (C=N–C) groups is 1. The molecule has 0 saturated heterocycles. The lowest BCUT2D eigenvalue weighted by atomic mass is 10.0. The number of amidine groups is 1. The first-order valence-corrected chi connectivity index (χ1v) is 12.0. The van der Waals surface area contributed by atoms with Crippen molar-refractivity contribution in [2.45, 2.75) is 32.4 Å². The number of hydroxylamine groups is 1. The Balaban J connectivity index is 1.10. The van der Waals surface area contributed by atoms with Gasteiger partial charge in [0.05, 0.1) is 6.04 Å². The number of aromatic nitrogens is 3. The standard InChI is InChI=1S/C27H23N7O4/c1-14-31-21-9-16(3-8-24(21)37-14)12-28-26(35)22-11-23(30-13-29-22)27(36)33-20-7-5-17-10-18(4-6-19(17)20)25-32-15(2)38-34-25/h3-4,6,8-11,13,20H,2,5,7,12H2,1H3,(H,28,35)(H,32,34)(H,33,36)/t20-/m0/s1. The number of carbonyl (C=O) groups is 2. The minimum Gasteiger partial charge on any atom is -0.441 e. The molecule has 2 aromatic heterocycles. The average molecular weight is 510 g/mol. The maximum absolute atomic E-state index is 13.0. The minimum absolute atomic E-state index is 0.105. The zero-order valence-corrected chi connectivity index (χ0v) is 20.4. The summed E-state index contributed by atoms with van der Waals surface area (Å²) in [6.45, 7) is 5.72. The zero-order valence-electron chi connectivity index (χ0n) is 20.4. The maximum Gasteiger partial charge on any atom is 0.270 e. The summed E-state index contributed by atoms with van der Waals surface area (Å²) in [5.74, 6) is 0.711. The molecule has 1 atom stereocenters. The van der Waals surface area contributed by atoms with Gasteiger partial charge in [-0.2, -0.15) is 4.99 Å². The smallest absolute Gasteiger partial charge is 0.270 e. The van der Waals surface area contributed by atoms with Crippen molar-refractivity contribution in [1.82, 2.24) is 31.1 Å². The van der Waals surface area contributed by atoms with Gasteiger partial charge >= 0.3 is 0 Å². The third-order valence-electron chi connectivity index (χ3n) is 6.45. The molecular weight excluding hydrogens is 486 g/mol. The monoisotopic (exact) mass is 509 g/mol. The number of hydrogen-bond donors (Lipinski definition) is 3. The summed E-state index contributed by atoms with van der Waals surface area (Å²) in [5.41, 5.74) is 8.29. The molecule has 0 unspecified atom stereocenters. The Bertz CT molecular complexity index is 1640. The van der Waals surface area contributed by atoms with E-state index in [4.69, 9.17) is 9.25 Å². The van der Waals surface area contributed by atoms with E-state index >= 15 is 0 Å². The molecule has 2 aromatic carbocycles. The number of aryl methyl sites for hydroxylation is 2. The van der Waals surface area contributed by atoms with Crippen molar-refractivity contribution in [2.24, 2.45) is 4.99 Å². The van der Waals surface area contributed by atoms with Crippen molar-refractivity contribution in [2.75, 3.05) is 0 Å². The van der Waals surface area contributed by atoms with Gasteiger partial charge in [-0.1, -0.05) is 18.2 Å². The Morgan fingerprint density at radius 2 is 1.95 bits per heavy atom. The number of nitrogens with one attached hydrogen (secondary N) is 3. The summed E-state index contributed by atoms with van der Waals surface area (Å²) in [4.78, 5) is 47.5. The largest absolute Gasteiger partial charge is 0.441 e. The second-order valence-electron chi connectivity index (χ2n) is 9.04. The lowest BCUT2D eigenvalue weighted by Gasteiger charge is -2.14. The number of amides is 2. The van der Waals surface area contributed by atoms with Gasteiger partial charge in [-0.05, 0) is 54.3 Å². The van der Waals surface area contributed by atoms with Crippen molar-refractivity contribution in [3.63, 3.8) is 0 Å². The van der Waals surface area contributed by atoms with E-state index in [1.807, 2.05) is 36.4 Å². The second kappa shape index (κ2) is 9.43. The summed E-state index contributed by atoms with van der Waals surface area (Å²) >= 11 is 0. The average Bonchev–Trinajstić information content (AvgIpc) is 3.64. The molecule has 11 heteroatoms. The van der Waals surface area contributed by atoms with E-state index in [2.05, 4.69) is 42.6 Å². The summed E-state index contributed by atoms with van der Waals surface area (Å²) in [7, 11) is 0. The minimum atomic E-state index is -0.410. The first kappa shape index (κ1) is 23.3. The van der Waals surface area contributed by atoms with Crippen LogP contribution in [0.4, 0.5) is 0 Å². The first-order chi connectivity index (χ1) is 18.4. The molecule has 3 heterocycles. The van der Waals surface area contributed by atoms with Crippen LogP contribution in [0.1, 0.15) is 61.6 Å². The number of benzene rings is 2.